The largest absolute Gasteiger partial charge is 0.474 e. The maximum atomic E-state index is 13.3. The predicted molar refractivity (Wildman–Crippen MR) is 161 cm³/mol. The van der Waals surface area contributed by atoms with Gasteiger partial charge in [0.05, 0.1) is 27.2 Å². The third-order valence-electron chi connectivity index (χ3n) is 12.3. The Morgan fingerprint density at radius 2 is 1.59 bits per heavy atom. The molecule has 0 aliphatic heterocycles. The first-order valence-electron chi connectivity index (χ1n) is 16.5. The van der Waals surface area contributed by atoms with Crippen LogP contribution in [0.2, 0.25) is 0 Å². The van der Waals surface area contributed by atoms with Crippen LogP contribution in [0.1, 0.15) is 112 Å². The van der Waals surface area contributed by atoms with Crippen molar-refractivity contribution < 1.29 is 22.6 Å². The lowest BCUT2D eigenvalue weighted by atomic mass is 9.44. The molecule has 39 heavy (non-hydrogen) atoms. The zero-order valence-electron chi connectivity index (χ0n) is 27.0. The van der Waals surface area contributed by atoms with E-state index in [-0.39, 0.29) is 6.10 Å². The van der Waals surface area contributed by atoms with Gasteiger partial charge in [0.2, 0.25) is 0 Å². The molecule has 0 aromatic rings. The van der Waals surface area contributed by atoms with Gasteiger partial charge in [0.15, 0.2) is 0 Å². The first-order chi connectivity index (χ1) is 18.2. The van der Waals surface area contributed by atoms with Crippen molar-refractivity contribution in [2.45, 2.75) is 118 Å². The van der Waals surface area contributed by atoms with Crippen molar-refractivity contribution in [3.63, 3.8) is 0 Å². The third-order valence-corrected chi connectivity index (χ3v) is 13.8. The van der Waals surface area contributed by atoms with Crippen LogP contribution in [0.4, 0.5) is 0 Å². The first kappa shape index (κ1) is 32.0. The van der Waals surface area contributed by atoms with Gasteiger partial charge in [-0.1, -0.05) is 53.9 Å². The van der Waals surface area contributed by atoms with Gasteiger partial charge in [-0.3, -0.25) is 13.6 Å². The number of quaternary nitrogens is 1. The molecule has 4 fully saturated rings. The Labute approximate surface area is 241 Å². The number of phosphoric ester groups is 1. The lowest BCUT2D eigenvalue weighted by Gasteiger charge is -2.61. The van der Waals surface area contributed by atoms with Crippen LogP contribution < -0.4 is 0 Å². The maximum Gasteiger partial charge on any atom is 0.474 e. The zero-order valence-corrected chi connectivity index (χ0v) is 27.9. The highest BCUT2D eigenvalue weighted by molar-refractivity contribution is 7.48. The van der Waals surface area contributed by atoms with E-state index in [1.807, 2.05) is 0 Å². The molecule has 0 radical (unpaired) electrons. The fourth-order valence-corrected chi connectivity index (χ4v) is 11.2. The van der Waals surface area contributed by atoms with Gasteiger partial charge in [0.25, 0.3) is 0 Å². The van der Waals surface area contributed by atoms with Gasteiger partial charge in [-0.05, 0) is 110 Å². The Morgan fingerprint density at radius 3 is 2.26 bits per heavy atom. The molecule has 0 heterocycles. The monoisotopic (exact) mass is 568 g/mol. The van der Waals surface area contributed by atoms with Crippen LogP contribution in [-0.2, 0) is 18.1 Å². The number of fused-ring (bicyclic) bond motifs is 5. The molecular formula is C33H63NO4P+. The fourth-order valence-electron chi connectivity index (χ4n) is 10.1. The lowest BCUT2D eigenvalue weighted by molar-refractivity contribution is -0.870. The second kappa shape index (κ2) is 12.4. The highest BCUT2D eigenvalue weighted by Crippen LogP contribution is 2.69. The van der Waals surface area contributed by atoms with Crippen molar-refractivity contribution in [2.75, 3.05) is 41.4 Å². The average molecular weight is 569 g/mol. The average Bonchev–Trinajstić information content (AvgIpc) is 3.20. The molecule has 0 aromatic carbocycles. The Balaban J connectivity index is 1.36. The molecule has 6 heteroatoms. The summed E-state index contributed by atoms with van der Waals surface area (Å²) in [5.74, 6) is 5.95. The molecule has 4 rings (SSSR count). The minimum absolute atomic E-state index is 0.0223. The maximum absolute atomic E-state index is 13.3. The molecule has 0 amide bonds. The Bertz CT molecular complexity index is 857. The number of rotatable bonds is 12. The zero-order chi connectivity index (χ0) is 28.6. The van der Waals surface area contributed by atoms with Crippen molar-refractivity contribution in [3.05, 3.63) is 0 Å². The van der Waals surface area contributed by atoms with Crippen LogP contribution in [-0.4, -0.2) is 52.0 Å². The van der Waals surface area contributed by atoms with E-state index < -0.39 is 7.82 Å². The summed E-state index contributed by atoms with van der Waals surface area (Å²) < 4.78 is 31.2. The summed E-state index contributed by atoms with van der Waals surface area (Å²) in [7, 11) is 4.26. The van der Waals surface area contributed by atoms with Gasteiger partial charge in [-0.2, -0.15) is 0 Å². The number of likely N-dealkylation sites (N-methyl/N-ethyl adjacent to an activating group) is 1. The standard InChI is InChI=1S/C33H63NO4P/c1-24(2)11-10-12-25(3)29-15-16-30-28-14-13-26-23-27(38-39(35,36-9)37-22-21-34(6,7)8)17-19-32(26,4)31(28)18-20-33(29,30)5/h24-31H,10-23H2,1-9H3/q+1/t25-,26?,27+,28+,29-,30+,31+,32+,33-,39?/m1/s1. The van der Waals surface area contributed by atoms with E-state index in [1.54, 1.807) is 0 Å². The molecule has 4 saturated carbocycles. The van der Waals surface area contributed by atoms with E-state index in [9.17, 15) is 4.57 Å². The molecule has 0 spiro atoms. The van der Waals surface area contributed by atoms with E-state index in [1.165, 1.54) is 71.3 Å². The molecule has 0 aromatic heterocycles. The molecule has 228 valence electrons. The summed E-state index contributed by atoms with van der Waals surface area (Å²) >= 11 is 0. The summed E-state index contributed by atoms with van der Waals surface area (Å²) in [5, 5.41) is 0. The molecule has 0 bridgehead atoms. The summed E-state index contributed by atoms with van der Waals surface area (Å²) in [5.41, 5.74) is 0.947. The number of hydrogen-bond acceptors (Lipinski definition) is 4. The lowest BCUT2D eigenvalue weighted by Crippen LogP contribution is -2.54. The summed E-state index contributed by atoms with van der Waals surface area (Å²) in [4.78, 5) is 0. The van der Waals surface area contributed by atoms with Gasteiger partial charge in [-0.25, -0.2) is 4.57 Å². The second-order valence-electron chi connectivity index (χ2n) is 16.2. The molecule has 4 aliphatic carbocycles. The molecule has 4 aliphatic rings. The molecule has 5 nitrogen and oxygen atoms in total. The number of hydrogen-bond donors (Lipinski definition) is 0. The van der Waals surface area contributed by atoms with Crippen LogP contribution in [0.15, 0.2) is 0 Å². The van der Waals surface area contributed by atoms with Gasteiger partial charge in [-0.15, -0.1) is 0 Å². The predicted octanol–water partition coefficient (Wildman–Crippen LogP) is 8.97. The van der Waals surface area contributed by atoms with Crippen LogP contribution in [0.3, 0.4) is 0 Å². The summed E-state index contributed by atoms with van der Waals surface area (Å²) in [6.07, 6.45) is 15.8. The molecule has 0 saturated heterocycles. The quantitative estimate of drug-likeness (QED) is 0.174. The van der Waals surface area contributed by atoms with Crippen molar-refractivity contribution in [3.8, 4) is 0 Å². The van der Waals surface area contributed by atoms with Gasteiger partial charge in [0, 0.05) is 7.11 Å². The molecule has 2 unspecified atom stereocenters. The SMILES string of the molecule is COP(=O)(OCC[N+](C)(C)C)O[C@H]1CC[C@@]2(C)C(CC[C@H]3[C@@H]4CC[C@H]([C@H](C)CCCC(C)C)[C@@]4(C)CC[C@@H]32)C1. The normalized spacial score (nSPS) is 41.0. The minimum Gasteiger partial charge on any atom is -0.329 e. The van der Waals surface area contributed by atoms with E-state index in [0.29, 0.717) is 23.4 Å². The van der Waals surface area contributed by atoms with Crippen LogP contribution >= 0.6 is 7.82 Å². The Kier molecular flexibility index (Phi) is 10.1. The van der Waals surface area contributed by atoms with Crippen molar-refractivity contribution in [1.29, 1.82) is 0 Å². The first-order valence-corrected chi connectivity index (χ1v) is 18.0. The van der Waals surface area contributed by atoms with Crippen LogP contribution in [0.5, 0.6) is 0 Å². The van der Waals surface area contributed by atoms with Gasteiger partial charge in [0.1, 0.15) is 13.2 Å². The van der Waals surface area contributed by atoms with E-state index in [0.717, 1.165) is 59.4 Å². The van der Waals surface area contributed by atoms with Crippen LogP contribution in [0.25, 0.3) is 0 Å². The number of nitrogens with zero attached hydrogens (tertiary/aromatic N) is 1. The van der Waals surface area contributed by atoms with E-state index >= 15 is 0 Å². The molecule has 0 N–H and O–H groups in total. The number of phosphoric acid groups is 1. The van der Waals surface area contributed by atoms with Crippen LogP contribution in [0, 0.1) is 52.3 Å². The third kappa shape index (κ3) is 7.01. The van der Waals surface area contributed by atoms with Gasteiger partial charge >= 0.3 is 7.82 Å². The fraction of sp³-hybridized carbons (Fsp3) is 1.00. The Morgan fingerprint density at radius 1 is 0.897 bits per heavy atom. The molecular weight excluding hydrogens is 505 g/mol. The van der Waals surface area contributed by atoms with Crippen molar-refractivity contribution >= 4 is 7.82 Å². The smallest absolute Gasteiger partial charge is 0.329 e. The Hall–Kier alpha value is 0.0700. The second-order valence-corrected chi connectivity index (χ2v) is 17.9. The van der Waals surface area contributed by atoms with Crippen molar-refractivity contribution in [1.82, 2.24) is 0 Å². The topological polar surface area (TPSA) is 44.8 Å². The van der Waals surface area contributed by atoms with E-state index in [2.05, 4.69) is 55.8 Å². The molecule has 10 atom stereocenters. The summed E-state index contributed by atoms with van der Waals surface area (Å²) in [6, 6.07) is 0. The highest BCUT2D eigenvalue weighted by Gasteiger charge is 2.60. The van der Waals surface area contributed by atoms with Gasteiger partial charge < -0.3 is 4.48 Å². The van der Waals surface area contributed by atoms with Crippen molar-refractivity contribution in [2.24, 2.45) is 52.3 Å². The highest BCUT2D eigenvalue weighted by atomic mass is 31.2. The summed E-state index contributed by atoms with van der Waals surface area (Å²) in [6.45, 7) is 13.8. The van der Waals surface area contributed by atoms with E-state index in [4.69, 9.17) is 13.6 Å². The minimum atomic E-state index is -3.52.